The lowest BCUT2D eigenvalue weighted by Crippen LogP contribution is -2.26. The number of aliphatic hydroxyl groups is 1. The predicted octanol–water partition coefficient (Wildman–Crippen LogP) is 3.41. The number of rotatable bonds is 7. The summed E-state index contributed by atoms with van der Waals surface area (Å²) in [6, 6.07) is 14.7. The Balaban J connectivity index is 2.08. The van der Waals surface area contributed by atoms with Crippen LogP contribution in [-0.4, -0.2) is 35.6 Å². The van der Waals surface area contributed by atoms with Gasteiger partial charge in [-0.25, -0.2) is 0 Å². The van der Waals surface area contributed by atoms with E-state index in [0.717, 1.165) is 24.3 Å². The van der Waals surface area contributed by atoms with Crippen LogP contribution >= 0.6 is 11.6 Å². The van der Waals surface area contributed by atoms with Gasteiger partial charge in [-0.15, -0.1) is 0 Å². The molecule has 2 aromatic rings. The monoisotopic (exact) mass is 332 g/mol. The number of hydrogen-bond acceptors (Lipinski definition) is 3. The van der Waals surface area contributed by atoms with Gasteiger partial charge in [-0.1, -0.05) is 42.8 Å². The van der Waals surface area contributed by atoms with Gasteiger partial charge in [0.05, 0.1) is 17.2 Å². The Bertz CT molecular complexity index is 661. The summed E-state index contributed by atoms with van der Waals surface area (Å²) in [5.74, 6) is -0.226. The molecule has 4 nitrogen and oxygen atoms in total. The Morgan fingerprint density at radius 3 is 2.70 bits per heavy atom. The molecule has 2 rings (SSSR count). The summed E-state index contributed by atoms with van der Waals surface area (Å²) < 4.78 is 0. The molecule has 0 atom stereocenters. The van der Waals surface area contributed by atoms with Crippen molar-refractivity contribution in [3.8, 4) is 0 Å². The van der Waals surface area contributed by atoms with E-state index in [9.17, 15) is 4.79 Å². The fourth-order valence-corrected chi connectivity index (χ4v) is 2.56. The van der Waals surface area contributed by atoms with Crippen molar-refractivity contribution in [3.05, 3.63) is 64.7 Å². The molecule has 0 saturated carbocycles. The van der Waals surface area contributed by atoms with Gasteiger partial charge < -0.3 is 10.4 Å². The summed E-state index contributed by atoms with van der Waals surface area (Å²) >= 11 is 6.05. The molecule has 23 heavy (non-hydrogen) atoms. The van der Waals surface area contributed by atoms with E-state index in [1.165, 1.54) is 0 Å². The highest BCUT2D eigenvalue weighted by atomic mass is 35.5. The zero-order valence-electron chi connectivity index (χ0n) is 13.1. The SMILES string of the molecule is CCN(CCO)Cc1cccc(NC(=O)c2ccccc2Cl)c1. The van der Waals surface area contributed by atoms with Crippen molar-refractivity contribution in [2.45, 2.75) is 13.5 Å². The number of carbonyl (C=O) groups excluding carboxylic acids is 1. The van der Waals surface area contributed by atoms with Crippen LogP contribution in [0, 0.1) is 0 Å². The van der Waals surface area contributed by atoms with E-state index >= 15 is 0 Å². The lowest BCUT2D eigenvalue weighted by molar-refractivity contribution is 0.102. The van der Waals surface area contributed by atoms with Crippen molar-refractivity contribution in [2.75, 3.05) is 25.0 Å². The highest BCUT2D eigenvalue weighted by Gasteiger charge is 2.10. The topological polar surface area (TPSA) is 52.6 Å². The molecular weight excluding hydrogens is 312 g/mol. The molecule has 0 bridgehead atoms. The van der Waals surface area contributed by atoms with E-state index in [0.29, 0.717) is 17.1 Å². The van der Waals surface area contributed by atoms with Crippen molar-refractivity contribution in [2.24, 2.45) is 0 Å². The number of halogens is 1. The fraction of sp³-hybridized carbons (Fsp3) is 0.278. The highest BCUT2D eigenvalue weighted by Crippen LogP contribution is 2.18. The summed E-state index contributed by atoms with van der Waals surface area (Å²) in [4.78, 5) is 14.4. The number of anilines is 1. The Morgan fingerprint density at radius 2 is 2.00 bits per heavy atom. The molecule has 0 heterocycles. The summed E-state index contributed by atoms with van der Waals surface area (Å²) in [6.45, 7) is 4.41. The smallest absolute Gasteiger partial charge is 0.257 e. The molecule has 0 aromatic heterocycles. The van der Waals surface area contributed by atoms with Crippen LogP contribution in [0.5, 0.6) is 0 Å². The van der Waals surface area contributed by atoms with Crippen molar-refractivity contribution < 1.29 is 9.90 Å². The van der Waals surface area contributed by atoms with Crippen LogP contribution in [0.15, 0.2) is 48.5 Å². The largest absolute Gasteiger partial charge is 0.395 e. The van der Waals surface area contributed by atoms with Gasteiger partial charge in [-0.3, -0.25) is 9.69 Å². The number of nitrogens with zero attached hydrogens (tertiary/aromatic N) is 1. The molecule has 0 aliphatic carbocycles. The number of benzene rings is 2. The standard InChI is InChI=1S/C18H21ClN2O2/c1-2-21(10-11-22)13-14-6-5-7-15(12-14)20-18(23)16-8-3-4-9-17(16)19/h3-9,12,22H,2,10-11,13H2,1H3,(H,20,23). The first-order valence-corrected chi connectivity index (χ1v) is 8.00. The molecule has 2 N–H and O–H groups in total. The predicted molar refractivity (Wildman–Crippen MR) is 93.9 cm³/mol. The third-order valence-corrected chi connectivity index (χ3v) is 3.90. The summed E-state index contributed by atoms with van der Waals surface area (Å²) in [6.07, 6.45) is 0. The number of hydrogen-bond donors (Lipinski definition) is 2. The van der Waals surface area contributed by atoms with Crippen LogP contribution in [0.2, 0.25) is 5.02 Å². The van der Waals surface area contributed by atoms with Gasteiger partial charge in [0.1, 0.15) is 0 Å². The zero-order valence-corrected chi connectivity index (χ0v) is 13.9. The number of amides is 1. The lowest BCUT2D eigenvalue weighted by Gasteiger charge is -2.19. The van der Waals surface area contributed by atoms with E-state index in [1.807, 2.05) is 24.3 Å². The van der Waals surface area contributed by atoms with Crippen LogP contribution in [-0.2, 0) is 6.54 Å². The van der Waals surface area contributed by atoms with Crippen LogP contribution in [0.4, 0.5) is 5.69 Å². The maximum atomic E-state index is 12.3. The second-order valence-corrected chi connectivity index (χ2v) is 5.63. The molecule has 0 fully saturated rings. The van der Waals surface area contributed by atoms with Gasteiger partial charge in [0, 0.05) is 18.8 Å². The molecule has 1 amide bonds. The van der Waals surface area contributed by atoms with Crippen molar-refractivity contribution in [3.63, 3.8) is 0 Å². The van der Waals surface area contributed by atoms with Crippen LogP contribution in [0.1, 0.15) is 22.8 Å². The molecule has 0 spiro atoms. The minimum atomic E-state index is -0.226. The number of nitrogens with one attached hydrogen (secondary N) is 1. The lowest BCUT2D eigenvalue weighted by atomic mass is 10.1. The number of aliphatic hydroxyl groups excluding tert-OH is 1. The fourth-order valence-electron chi connectivity index (χ4n) is 2.34. The molecule has 0 aliphatic rings. The third kappa shape index (κ3) is 5.06. The molecule has 0 unspecified atom stereocenters. The Morgan fingerprint density at radius 1 is 1.22 bits per heavy atom. The molecule has 122 valence electrons. The Labute approximate surface area is 141 Å². The summed E-state index contributed by atoms with van der Waals surface area (Å²) in [5.41, 5.74) is 2.26. The van der Waals surface area contributed by atoms with Gasteiger partial charge in [0.15, 0.2) is 0 Å². The van der Waals surface area contributed by atoms with Gasteiger partial charge in [0.25, 0.3) is 5.91 Å². The van der Waals surface area contributed by atoms with Crippen molar-refractivity contribution >= 4 is 23.2 Å². The molecule has 0 aliphatic heterocycles. The first-order chi connectivity index (χ1) is 11.1. The average molecular weight is 333 g/mol. The molecule has 0 saturated heterocycles. The zero-order chi connectivity index (χ0) is 16.7. The maximum Gasteiger partial charge on any atom is 0.257 e. The maximum absolute atomic E-state index is 12.3. The van der Waals surface area contributed by atoms with E-state index in [4.69, 9.17) is 16.7 Å². The summed E-state index contributed by atoms with van der Waals surface area (Å²) in [7, 11) is 0. The van der Waals surface area contributed by atoms with Gasteiger partial charge >= 0.3 is 0 Å². The number of carbonyl (C=O) groups is 1. The van der Waals surface area contributed by atoms with Crippen molar-refractivity contribution in [1.82, 2.24) is 4.90 Å². The van der Waals surface area contributed by atoms with Crippen LogP contribution in [0.25, 0.3) is 0 Å². The van der Waals surface area contributed by atoms with E-state index in [-0.39, 0.29) is 12.5 Å². The minimum Gasteiger partial charge on any atom is -0.395 e. The average Bonchev–Trinajstić information content (AvgIpc) is 2.55. The molecule has 2 aromatic carbocycles. The van der Waals surface area contributed by atoms with Crippen LogP contribution in [0.3, 0.4) is 0 Å². The summed E-state index contributed by atoms with van der Waals surface area (Å²) in [5, 5.41) is 12.4. The normalized spacial score (nSPS) is 10.8. The van der Waals surface area contributed by atoms with E-state index < -0.39 is 0 Å². The van der Waals surface area contributed by atoms with E-state index in [1.54, 1.807) is 24.3 Å². The van der Waals surface area contributed by atoms with Crippen LogP contribution < -0.4 is 5.32 Å². The molecular formula is C18H21ClN2O2. The van der Waals surface area contributed by atoms with Gasteiger partial charge in [-0.05, 0) is 36.4 Å². The molecule has 5 heteroatoms. The van der Waals surface area contributed by atoms with Gasteiger partial charge in [-0.2, -0.15) is 0 Å². The first-order valence-electron chi connectivity index (χ1n) is 7.62. The highest BCUT2D eigenvalue weighted by molar-refractivity contribution is 6.34. The number of likely N-dealkylation sites (N-methyl/N-ethyl adjacent to an activating group) is 1. The van der Waals surface area contributed by atoms with E-state index in [2.05, 4.69) is 17.1 Å². The first kappa shape index (κ1) is 17.5. The Hall–Kier alpha value is -1.88. The molecule has 0 radical (unpaired) electrons. The quantitative estimate of drug-likeness (QED) is 0.817. The van der Waals surface area contributed by atoms with Crippen molar-refractivity contribution in [1.29, 1.82) is 0 Å². The second-order valence-electron chi connectivity index (χ2n) is 5.23. The Kier molecular flexibility index (Phi) is 6.59. The third-order valence-electron chi connectivity index (χ3n) is 3.57. The second kappa shape index (κ2) is 8.67. The van der Waals surface area contributed by atoms with Gasteiger partial charge in [0.2, 0.25) is 0 Å². The minimum absolute atomic E-state index is 0.136.